The number of likely N-dealkylation sites (tertiary alicyclic amines) is 2. The SMILES string of the molecule is CC(C)(C)OC(=O)N1CCC(Oc2ccc(Cl)nn2)CC1.CC(C)(C)OC(=O)N1CCC(Oc2ccc(Nc3ncc4c5ccnc(F)c5n(C5CCCC5)c4n3)nn2)CC1.Fc1nccc2c3cnc(Nc4ccc(OC5CCNCC5)nn4)nc3n(C3CCCC3)c12.N=NN=NCl.Nc1ncc2c3ccnc(F)c3n(C3CCCC3)c2n1. The highest BCUT2D eigenvalue weighted by molar-refractivity contribution is 6.29. The van der Waals surface area contributed by atoms with Gasteiger partial charge in [0.1, 0.15) is 63.0 Å². The van der Waals surface area contributed by atoms with E-state index in [9.17, 15) is 22.8 Å². The molecule has 0 bridgehead atoms. The summed E-state index contributed by atoms with van der Waals surface area (Å²) in [6.45, 7) is 15.4. The molecular weight excluding hydrogens is 1580 g/mol. The fourth-order valence-electron chi connectivity index (χ4n) is 15.8. The lowest BCUT2D eigenvalue weighted by atomic mass is 10.1. The number of hydrogen-bond acceptors (Lipinski definition) is 28. The van der Waals surface area contributed by atoms with Gasteiger partial charge in [0.2, 0.25) is 53.3 Å². The minimum absolute atomic E-state index is 0.0270. The van der Waals surface area contributed by atoms with Crippen LogP contribution in [-0.2, 0) is 9.47 Å². The predicted molar refractivity (Wildman–Crippen MR) is 438 cm³/mol. The zero-order valence-electron chi connectivity index (χ0n) is 66.7. The Morgan fingerprint density at radius 2 is 0.840 bits per heavy atom. The number of nitrogens with zero attached hydrogens (tertiary/aromatic N) is 23. The number of halogens is 5. The van der Waals surface area contributed by atoms with Crippen LogP contribution >= 0.6 is 23.4 Å². The average molecular weight is 1670 g/mol. The molecule has 3 saturated carbocycles. The van der Waals surface area contributed by atoms with Gasteiger partial charge in [-0.25, -0.2) is 39.5 Å². The third-order valence-corrected chi connectivity index (χ3v) is 21.4. The van der Waals surface area contributed by atoms with E-state index in [0.717, 1.165) is 148 Å². The molecule has 0 aromatic carbocycles. The van der Waals surface area contributed by atoms with Crippen LogP contribution in [0.1, 0.15) is 175 Å². The molecular formula is C79H93Cl2F3N28O7. The van der Waals surface area contributed by atoms with Gasteiger partial charge < -0.3 is 68.9 Å². The molecule has 15 heterocycles. The van der Waals surface area contributed by atoms with Crippen molar-refractivity contribution in [2.24, 2.45) is 15.1 Å². The number of nitrogens with two attached hydrogens (primary N) is 1. The zero-order chi connectivity index (χ0) is 83.3. The number of carbonyl (C=O) groups is 2. The van der Waals surface area contributed by atoms with Crippen LogP contribution < -0.4 is 35.9 Å². The number of hydrogen-bond donors (Lipinski definition) is 5. The summed E-state index contributed by atoms with van der Waals surface area (Å²) in [6, 6.07) is 16.5. The number of nitrogen functional groups attached to an aromatic ring is 1. The Balaban J connectivity index is 0.000000132. The predicted octanol–water partition coefficient (Wildman–Crippen LogP) is 16.7. The van der Waals surface area contributed by atoms with Crippen LogP contribution in [0.5, 0.6) is 17.6 Å². The third kappa shape index (κ3) is 20.7. The second-order valence-corrected chi connectivity index (χ2v) is 32.1. The molecule has 626 valence electrons. The van der Waals surface area contributed by atoms with Crippen molar-refractivity contribution in [3.8, 4) is 17.6 Å². The van der Waals surface area contributed by atoms with Gasteiger partial charge in [-0.1, -0.05) is 54.8 Å². The Bertz CT molecular complexity index is 5530. The Kier molecular flexibility index (Phi) is 26.6. The second-order valence-electron chi connectivity index (χ2n) is 31.6. The van der Waals surface area contributed by atoms with Gasteiger partial charge in [-0.15, -0.1) is 30.6 Å². The molecule has 0 unspecified atom stereocenters. The summed E-state index contributed by atoms with van der Waals surface area (Å²) in [5, 5.41) is 44.2. The number of pyridine rings is 3. The highest BCUT2D eigenvalue weighted by atomic mass is 35.5. The molecule has 119 heavy (non-hydrogen) atoms. The standard InChI is InChI=1S/C28H33FN8O3.C23H25FN8O.C14H20ClN3O3.C14H14FN5.ClHN4/c1-28(2,3)40-27(38)36-14-11-18(12-15-36)39-22-9-8-21(34-35-22)32-26-31-16-20-19-10-13-30-24(29)23(19)37(25(20)33-26)17-6-4-5-7-17;24-21-20-16(9-12-26-21)17-13-27-23(29-22(17)32(20)14-3-1-2-4-14)28-18-5-6-19(31-30-18)33-15-7-10-25-11-8-15;1-14(2,3)21-13(19)18-8-6-10(7-9-18)20-12-5-4-11(15)16-17-12;15-12-11-9(5-6-17-12)10-7-18-14(16)19-13(10)20(11)8-3-1-2-4-8;1-3-5-4-2/h8-10,13,16-18H,4-7,11-12,14-15H2,1-3H3,(H,31,32,33,34);5-6,9,12-15,25H,1-4,7-8,10-11H2,(H,27,28,29,30);4-5,10H,6-9H2,1-3H3;5-8H,1-4H2,(H2,16,18,19);2H. The molecule has 6 aliphatic rings. The third-order valence-electron chi connectivity index (χ3n) is 21.1. The van der Waals surface area contributed by atoms with Crippen molar-refractivity contribution in [2.75, 3.05) is 55.6 Å². The van der Waals surface area contributed by atoms with Crippen molar-refractivity contribution < 1.29 is 46.4 Å². The van der Waals surface area contributed by atoms with Crippen LogP contribution in [0.3, 0.4) is 0 Å². The smallest absolute Gasteiger partial charge is 0.410 e. The van der Waals surface area contributed by atoms with Crippen LogP contribution in [0.15, 0.2) is 107 Å². The summed E-state index contributed by atoms with van der Waals surface area (Å²) >= 11 is 10.2. The first-order valence-corrected chi connectivity index (χ1v) is 40.7. The van der Waals surface area contributed by atoms with Gasteiger partial charge in [0.15, 0.2) is 16.8 Å². The van der Waals surface area contributed by atoms with Gasteiger partial charge in [0.05, 0.1) is 11.8 Å². The van der Waals surface area contributed by atoms with E-state index in [4.69, 9.17) is 56.5 Å². The van der Waals surface area contributed by atoms with E-state index in [-0.39, 0.29) is 54.6 Å². The van der Waals surface area contributed by atoms with Crippen LogP contribution in [0.2, 0.25) is 5.15 Å². The molecule has 6 fully saturated rings. The number of carbonyl (C=O) groups excluding carboxylic acids is 2. The summed E-state index contributed by atoms with van der Waals surface area (Å²) in [6.07, 6.45) is 26.7. The lowest BCUT2D eigenvalue weighted by Gasteiger charge is -2.33. The van der Waals surface area contributed by atoms with Crippen molar-refractivity contribution >= 4 is 131 Å². The van der Waals surface area contributed by atoms with E-state index >= 15 is 0 Å². The highest BCUT2D eigenvalue weighted by Crippen LogP contribution is 2.42. The second kappa shape index (κ2) is 37.9. The maximum Gasteiger partial charge on any atom is 0.410 e. The van der Waals surface area contributed by atoms with E-state index in [1.54, 1.807) is 64.8 Å². The molecule has 40 heteroatoms. The number of rotatable bonds is 14. The fourth-order valence-corrected chi connectivity index (χ4v) is 15.9. The van der Waals surface area contributed by atoms with Gasteiger partial charge in [-0.05, 0) is 153 Å². The molecule has 0 atom stereocenters. The van der Waals surface area contributed by atoms with Crippen LogP contribution in [-0.4, -0.2) is 180 Å². The lowest BCUT2D eigenvalue weighted by molar-refractivity contribution is 0.0110. The number of ether oxygens (including phenoxy) is 5. The number of amides is 2. The summed E-state index contributed by atoms with van der Waals surface area (Å²) < 4.78 is 80.9. The molecule has 3 aliphatic carbocycles. The van der Waals surface area contributed by atoms with E-state index in [0.29, 0.717) is 119 Å². The topological polar surface area (TPSA) is 418 Å². The molecule has 0 radical (unpaired) electrons. The van der Waals surface area contributed by atoms with Gasteiger partial charge in [-0.3, -0.25) is 0 Å². The van der Waals surface area contributed by atoms with Gasteiger partial charge in [-0.2, -0.15) is 33.7 Å². The van der Waals surface area contributed by atoms with Crippen LogP contribution in [0.4, 0.5) is 52.2 Å². The summed E-state index contributed by atoms with van der Waals surface area (Å²) in [5.74, 6) is 1.88. The van der Waals surface area contributed by atoms with Crippen molar-refractivity contribution in [3.63, 3.8) is 0 Å². The van der Waals surface area contributed by atoms with Crippen molar-refractivity contribution in [1.82, 2.24) is 104 Å². The minimum atomic E-state index is -0.517. The maximum absolute atomic E-state index is 14.9. The molecule has 3 saturated heterocycles. The Morgan fingerprint density at radius 1 is 0.479 bits per heavy atom. The average Bonchev–Trinajstić information content (AvgIpc) is 1.60. The van der Waals surface area contributed by atoms with Crippen LogP contribution in [0.25, 0.3) is 65.8 Å². The zero-order valence-corrected chi connectivity index (χ0v) is 68.2. The number of aromatic nitrogens is 18. The molecule has 12 aromatic rings. The number of nitrogens with one attached hydrogen (secondary N) is 4. The molecule has 2 amide bonds. The first-order chi connectivity index (χ1) is 57.5. The van der Waals surface area contributed by atoms with Crippen molar-refractivity contribution in [3.05, 3.63) is 115 Å². The fraction of sp³-hybridized carbons (Fsp3) is 0.481. The van der Waals surface area contributed by atoms with E-state index in [1.165, 1.54) is 18.6 Å². The van der Waals surface area contributed by atoms with Crippen LogP contribution in [0, 0.1) is 23.4 Å². The van der Waals surface area contributed by atoms with E-state index in [2.05, 4.69) is 108 Å². The molecule has 6 N–H and O–H groups in total. The maximum atomic E-state index is 14.9. The van der Waals surface area contributed by atoms with Gasteiger partial charge in [0, 0.05) is 158 Å². The van der Waals surface area contributed by atoms with E-state index in [1.807, 2.05) is 73.4 Å². The summed E-state index contributed by atoms with van der Waals surface area (Å²) in [5.41, 5.74) is 14.2. The monoisotopic (exact) mass is 1670 g/mol. The Labute approximate surface area is 691 Å². The van der Waals surface area contributed by atoms with Crippen molar-refractivity contribution in [2.45, 2.75) is 205 Å². The molecule has 35 nitrogen and oxygen atoms in total. The lowest BCUT2D eigenvalue weighted by Crippen LogP contribution is -2.44. The Morgan fingerprint density at radius 3 is 1.18 bits per heavy atom. The highest BCUT2D eigenvalue weighted by Gasteiger charge is 2.33. The summed E-state index contributed by atoms with van der Waals surface area (Å²) in [7, 11) is 0. The number of piperidine rings is 3. The molecule has 18 rings (SSSR count). The Hall–Kier alpha value is -11.8. The quantitative estimate of drug-likeness (QED) is 0.0383. The minimum Gasteiger partial charge on any atom is -0.473 e. The first kappa shape index (κ1) is 83.7. The number of fused-ring (bicyclic) bond motifs is 9. The molecule has 12 aromatic heterocycles. The largest absolute Gasteiger partial charge is 0.473 e. The first-order valence-electron chi connectivity index (χ1n) is 40.0. The normalized spacial score (nSPS) is 16.7. The van der Waals surface area contributed by atoms with E-state index < -0.39 is 29.0 Å². The van der Waals surface area contributed by atoms with Gasteiger partial charge in [0.25, 0.3) is 0 Å². The number of anilines is 5. The summed E-state index contributed by atoms with van der Waals surface area (Å²) in [4.78, 5) is 66.0. The van der Waals surface area contributed by atoms with Gasteiger partial charge >= 0.3 is 12.2 Å². The molecule has 3 aliphatic heterocycles. The molecule has 0 spiro atoms. The van der Waals surface area contributed by atoms with Crippen molar-refractivity contribution in [1.29, 1.82) is 5.53 Å².